The second-order valence-electron chi connectivity index (χ2n) is 6.75. The van der Waals surface area contributed by atoms with Gasteiger partial charge in [0.25, 0.3) is 10.1 Å². The number of unbranched alkanes of at least 4 members (excludes halogenated alkanes) is 6. The molecular formula is C20H31NO6S. The average molecular weight is 414 g/mol. The number of benzene rings is 1. The average Bonchev–Trinajstić information content (AvgIpc) is 2.64. The lowest BCUT2D eigenvalue weighted by atomic mass is 10.1. The molecule has 0 aliphatic heterocycles. The predicted octanol–water partition coefficient (Wildman–Crippen LogP) is 3.88. The summed E-state index contributed by atoms with van der Waals surface area (Å²) < 4.78 is 35.9. The number of ether oxygens (including phenoxy) is 1. The monoisotopic (exact) mass is 413 g/mol. The summed E-state index contributed by atoms with van der Waals surface area (Å²) >= 11 is 0. The number of carbonyl (C=O) groups is 2. The number of hydrogen-bond donors (Lipinski definition) is 2. The molecule has 28 heavy (non-hydrogen) atoms. The maximum Gasteiger partial charge on any atom is 0.311 e. The van der Waals surface area contributed by atoms with Gasteiger partial charge in [0.2, 0.25) is 5.91 Å². The van der Waals surface area contributed by atoms with Gasteiger partial charge >= 0.3 is 5.97 Å². The Morgan fingerprint density at radius 1 is 0.929 bits per heavy atom. The van der Waals surface area contributed by atoms with Gasteiger partial charge in [-0.3, -0.25) is 14.1 Å². The van der Waals surface area contributed by atoms with Gasteiger partial charge in [0.15, 0.2) is 0 Å². The molecule has 1 amide bonds. The van der Waals surface area contributed by atoms with Crippen molar-refractivity contribution in [2.75, 3.05) is 6.54 Å². The van der Waals surface area contributed by atoms with Crippen LogP contribution in [0.25, 0.3) is 0 Å². The van der Waals surface area contributed by atoms with Crippen molar-refractivity contribution in [3.8, 4) is 5.75 Å². The summed E-state index contributed by atoms with van der Waals surface area (Å²) in [5.74, 6) is -0.0939. The topological polar surface area (TPSA) is 110 Å². The Hall–Kier alpha value is -1.93. The number of carbonyl (C=O) groups excluding carboxylic acids is 2. The maximum absolute atomic E-state index is 11.8. The van der Waals surface area contributed by atoms with Gasteiger partial charge in [0.05, 0.1) is 4.90 Å². The molecule has 1 aromatic rings. The normalized spacial score (nSPS) is 11.2. The van der Waals surface area contributed by atoms with E-state index in [0.717, 1.165) is 25.7 Å². The number of rotatable bonds is 14. The molecule has 0 aliphatic rings. The molecule has 158 valence electrons. The van der Waals surface area contributed by atoms with Gasteiger partial charge in [0.1, 0.15) is 5.75 Å². The third-order valence-electron chi connectivity index (χ3n) is 4.24. The zero-order valence-corrected chi connectivity index (χ0v) is 17.3. The quantitative estimate of drug-likeness (QED) is 0.207. The molecule has 8 heteroatoms. The van der Waals surface area contributed by atoms with Crippen molar-refractivity contribution in [3.05, 3.63) is 24.3 Å². The van der Waals surface area contributed by atoms with E-state index in [1.165, 1.54) is 43.5 Å². The van der Waals surface area contributed by atoms with E-state index in [0.29, 0.717) is 19.4 Å². The second kappa shape index (κ2) is 13.3. The van der Waals surface area contributed by atoms with E-state index in [2.05, 4.69) is 12.2 Å². The largest absolute Gasteiger partial charge is 0.427 e. The van der Waals surface area contributed by atoms with E-state index in [4.69, 9.17) is 9.29 Å². The molecule has 1 rings (SSSR count). The van der Waals surface area contributed by atoms with E-state index in [1.54, 1.807) is 0 Å². The molecule has 0 radical (unpaired) electrons. The van der Waals surface area contributed by atoms with Crippen LogP contribution in [0.1, 0.15) is 71.1 Å². The Morgan fingerprint density at radius 2 is 1.54 bits per heavy atom. The summed E-state index contributed by atoms with van der Waals surface area (Å²) in [7, 11) is -4.26. The highest BCUT2D eigenvalue weighted by atomic mass is 32.2. The highest BCUT2D eigenvalue weighted by Crippen LogP contribution is 2.16. The van der Waals surface area contributed by atoms with Gasteiger partial charge in [-0.15, -0.1) is 0 Å². The first-order chi connectivity index (χ1) is 13.3. The molecule has 2 N–H and O–H groups in total. The predicted molar refractivity (Wildman–Crippen MR) is 107 cm³/mol. The molecule has 0 aromatic heterocycles. The molecule has 0 saturated carbocycles. The highest BCUT2D eigenvalue weighted by Gasteiger charge is 2.10. The molecule has 0 unspecified atom stereocenters. The Morgan fingerprint density at radius 3 is 2.18 bits per heavy atom. The van der Waals surface area contributed by atoms with Crippen molar-refractivity contribution in [3.63, 3.8) is 0 Å². The Labute approximate surface area is 167 Å². The van der Waals surface area contributed by atoms with Gasteiger partial charge in [-0.25, -0.2) is 0 Å². The summed E-state index contributed by atoms with van der Waals surface area (Å²) in [6.45, 7) is 2.77. The summed E-state index contributed by atoms with van der Waals surface area (Å²) in [4.78, 5) is 23.2. The van der Waals surface area contributed by atoms with Crippen LogP contribution in [0.5, 0.6) is 5.75 Å². The van der Waals surface area contributed by atoms with Gasteiger partial charge in [-0.2, -0.15) is 8.42 Å². The maximum atomic E-state index is 11.8. The van der Waals surface area contributed by atoms with Crippen molar-refractivity contribution < 1.29 is 27.3 Å². The van der Waals surface area contributed by atoms with Gasteiger partial charge in [-0.1, -0.05) is 39.0 Å². The fraction of sp³-hybridized carbons (Fsp3) is 0.600. The molecule has 0 atom stereocenters. The zero-order chi connectivity index (χ0) is 20.8. The Balaban J connectivity index is 2.08. The standard InChI is InChI=1S/C20H31NO6S/c1-2-3-4-5-7-10-19(22)21-16-9-6-8-11-20(23)27-17-12-14-18(15-13-17)28(24,25)26/h12-15H,2-11,16H2,1H3,(H,21,22)(H,24,25,26). The molecule has 0 aliphatic carbocycles. The summed E-state index contributed by atoms with van der Waals surface area (Å²) in [6.07, 6.45) is 8.70. The van der Waals surface area contributed by atoms with Crippen molar-refractivity contribution in [2.24, 2.45) is 0 Å². The van der Waals surface area contributed by atoms with Crippen LogP contribution in [-0.4, -0.2) is 31.4 Å². The molecule has 1 aromatic carbocycles. The van der Waals surface area contributed by atoms with Crippen LogP contribution >= 0.6 is 0 Å². The lowest BCUT2D eigenvalue weighted by Gasteiger charge is -2.06. The molecule has 0 heterocycles. The number of hydrogen-bond acceptors (Lipinski definition) is 5. The third kappa shape index (κ3) is 11.0. The minimum atomic E-state index is -4.26. The number of nitrogens with one attached hydrogen (secondary N) is 1. The fourth-order valence-corrected chi connectivity index (χ4v) is 3.12. The van der Waals surface area contributed by atoms with E-state index in [1.807, 2.05) is 0 Å². The first-order valence-corrected chi connectivity index (χ1v) is 11.3. The van der Waals surface area contributed by atoms with Crippen LogP contribution in [0.15, 0.2) is 29.2 Å². The van der Waals surface area contributed by atoms with Crippen molar-refractivity contribution in [1.29, 1.82) is 0 Å². The smallest absolute Gasteiger partial charge is 0.311 e. The first kappa shape index (κ1) is 24.1. The molecule has 0 fully saturated rings. The van der Waals surface area contributed by atoms with E-state index >= 15 is 0 Å². The van der Waals surface area contributed by atoms with Crippen LogP contribution in [-0.2, 0) is 19.7 Å². The number of esters is 1. The van der Waals surface area contributed by atoms with Crippen molar-refractivity contribution in [2.45, 2.75) is 76.0 Å². The molecule has 0 saturated heterocycles. The zero-order valence-electron chi connectivity index (χ0n) is 16.5. The third-order valence-corrected chi connectivity index (χ3v) is 5.11. The minimum absolute atomic E-state index is 0.0873. The van der Waals surface area contributed by atoms with Gasteiger partial charge in [-0.05, 0) is 43.5 Å². The summed E-state index contributed by atoms with van der Waals surface area (Å²) in [5, 5.41) is 2.89. The first-order valence-electron chi connectivity index (χ1n) is 9.88. The van der Waals surface area contributed by atoms with E-state index in [-0.39, 0.29) is 23.0 Å². The summed E-state index contributed by atoms with van der Waals surface area (Å²) in [6, 6.07) is 4.98. The van der Waals surface area contributed by atoms with Crippen LogP contribution in [0.2, 0.25) is 0 Å². The molecule has 0 spiro atoms. The second-order valence-corrected chi connectivity index (χ2v) is 8.17. The number of amides is 1. The van der Waals surface area contributed by atoms with Crippen molar-refractivity contribution in [1.82, 2.24) is 5.32 Å². The van der Waals surface area contributed by atoms with Gasteiger partial charge < -0.3 is 10.1 Å². The highest BCUT2D eigenvalue weighted by molar-refractivity contribution is 7.85. The molecule has 7 nitrogen and oxygen atoms in total. The van der Waals surface area contributed by atoms with E-state index < -0.39 is 16.1 Å². The molecule has 0 bridgehead atoms. The van der Waals surface area contributed by atoms with Crippen LogP contribution in [0.3, 0.4) is 0 Å². The lowest BCUT2D eigenvalue weighted by molar-refractivity contribution is -0.134. The Kier molecular flexibility index (Phi) is 11.4. The lowest BCUT2D eigenvalue weighted by Crippen LogP contribution is -2.24. The van der Waals surface area contributed by atoms with Crippen LogP contribution in [0.4, 0.5) is 0 Å². The minimum Gasteiger partial charge on any atom is -0.427 e. The fourth-order valence-electron chi connectivity index (χ4n) is 2.64. The Bertz CT molecular complexity index is 700. The van der Waals surface area contributed by atoms with Crippen LogP contribution < -0.4 is 10.1 Å². The van der Waals surface area contributed by atoms with Gasteiger partial charge in [0, 0.05) is 19.4 Å². The SMILES string of the molecule is CCCCCCCC(=O)NCCCCCC(=O)Oc1ccc(S(=O)(=O)O)cc1. The van der Waals surface area contributed by atoms with Crippen molar-refractivity contribution >= 4 is 22.0 Å². The van der Waals surface area contributed by atoms with Crippen LogP contribution in [0, 0.1) is 0 Å². The summed E-state index contributed by atoms with van der Waals surface area (Å²) in [5.41, 5.74) is 0. The molecular weight excluding hydrogens is 382 g/mol. The van der Waals surface area contributed by atoms with E-state index in [9.17, 15) is 18.0 Å².